The molecule has 1 saturated carbocycles. The summed E-state index contributed by atoms with van der Waals surface area (Å²) in [4.78, 5) is 4.26. The first-order valence-electron chi connectivity index (χ1n) is 7.22. The Morgan fingerprint density at radius 2 is 1.80 bits per heavy atom. The lowest BCUT2D eigenvalue weighted by molar-refractivity contribution is -0.137. The number of thiazole rings is 1. The van der Waals surface area contributed by atoms with Gasteiger partial charge < -0.3 is 5.32 Å². The van der Waals surface area contributed by atoms with Gasteiger partial charge in [0.1, 0.15) is 0 Å². The zero-order valence-corrected chi connectivity index (χ0v) is 12.5. The van der Waals surface area contributed by atoms with Crippen LogP contribution in [-0.4, -0.2) is 12.0 Å². The second-order valence-corrected chi connectivity index (χ2v) is 6.50. The Balaban J connectivity index is 2.11. The van der Waals surface area contributed by atoms with E-state index in [2.05, 4.69) is 10.3 Å². The summed E-state index contributed by atoms with van der Waals surface area (Å²) in [7, 11) is 1.83. The Morgan fingerprint density at radius 1 is 1.20 bits per heavy atom. The largest absolute Gasteiger partial charge is 0.443 e. The van der Waals surface area contributed by atoms with Gasteiger partial charge in [-0.25, -0.2) is 4.98 Å². The fourth-order valence-corrected chi connectivity index (χ4v) is 3.98. The highest BCUT2D eigenvalue weighted by molar-refractivity contribution is 7.11. The molecule has 0 spiro atoms. The average Bonchev–Trinajstić information content (AvgIpc) is 2.81. The van der Waals surface area contributed by atoms with Crippen LogP contribution in [0.3, 0.4) is 0 Å². The SMILES string of the molecule is CNC(c1cnc(C(F)(F)F)s1)C1CCCCCCC1. The fourth-order valence-electron chi connectivity index (χ4n) is 2.99. The first kappa shape index (κ1) is 15.8. The van der Waals surface area contributed by atoms with Crippen molar-refractivity contribution < 1.29 is 13.2 Å². The molecule has 1 aromatic heterocycles. The zero-order chi connectivity index (χ0) is 14.6. The number of halogens is 3. The maximum absolute atomic E-state index is 12.7. The standard InChI is InChI=1S/C14H21F3N2S/c1-18-12(10-7-5-3-2-4-6-8-10)11-9-19-13(20-11)14(15,16)17/h9-10,12,18H,2-8H2,1H3. The Hall–Kier alpha value is -0.620. The molecule has 1 aliphatic carbocycles. The summed E-state index contributed by atoms with van der Waals surface area (Å²) in [5.74, 6) is 0.418. The molecule has 1 aliphatic rings. The van der Waals surface area contributed by atoms with E-state index in [1.165, 1.54) is 38.3 Å². The maximum Gasteiger partial charge on any atom is 0.443 e. The van der Waals surface area contributed by atoms with Gasteiger partial charge in [-0.05, 0) is 25.8 Å². The molecule has 2 rings (SSSR count). The molecule has 6 heteroatoms. The van der Waals surface area contributed by atoms with E-state index in [0.717, 1.165) is 24.2 Å². The third kappa shape index (κ3) is 3.95. The number of hydrogen-bond donors (Lipinski definition) is 1. The number of nitrogens with one attached hydrogen (secondary N) is 1. The van der Waals surface area contributed by atoms with Crippen molar-refractivity contribution in [2.45, 2.75) is 57.2 Å². The van der Waals surface area contributed by atoms with Gasteiger partial charge in [-0.15, -0.1) is 11.3 Å². The Kier molecular flexibility index (Phi) is 5.43. The highest BCUT2D eigenvalue weighted by Gasteiger charge is 2.36. The molecule has 0 aromatic carbocycles. The van der Waals surface area contributed by atoms with Crippen LogP contribution in [0.25, 0.3) is 0 Å². The van der Waals surface area contributed by atoms with Crippen LogP contribution in [0.15, 0.2) is 6.20 Å². The number of nitrogens with zero attached hydrogens (tertiary/aromatic N) is 1. The van der Waals surface area contributed by atoms with Crippen LogP contribution >= 0.6 is 11.3 Å². The van der Waals surface area contributed by atoms with Crippen LogP contribution < -0.4 is 5.32 Å². The lowest BCUT2D eigenvalue weighted by Crippen LogP contribution is -2.25. The lowest BCUT2D eigenvalue weighted by Gasteiger charge is -2.27. The molecule has 1 heterocycles. The number of alkyl halides is 3. The average molecular weight is 306 g/mol. The van der Waals surface area contributed by atoms with E-state index in [-0.39, 0.29) is 6.04 Å². The van der Waals surface area contributed by atoms with Crippen molar-refractivity contribution in [2.75, 3.05) is 7.05 Å². The minimum atomic E-state index is -4.33. The van der Waals surface area contributed by atoms with Crippen LogP contribution in [0.4, 0.5) is 13.2 Å². The van der Waals surface area contributed by atoms with Gasteiger partial charge in [-0.2, -0.15) is 13.2 Å². The predicted octanol–water partition coefficient (Wildman–Crippen LogP) is 4.78. The van der Waals surface area contributed by atoms with E-state index < -0.39 is 11.2 Å². The summed E-state index contributed by atoms with van der Waals surface area (Å²) in [5, 5.41) is 2.47. The molecule has 114 valence electrons. The lowest BCUT2D eigenvalue weighted by atomic mass is 9.85. The van der Waals surface area contributed by atoms with E-state index in [0.29, 0.717) is 10.8 Å². The molecule has 0 radical (unpaired) electrons. The third-order valence-electron chi connectivity index (χ3n) is 4.00. The molecule has 1 atom stereocenters. The van der Waals surface area contributed by atoms with Crippen LogP contribution in [0.5, 0.6) is 0 Å². The van der Waals surface area contributed by atoms with Crippen LogP contribution in [0.1, 0.15) is 60.9 Å². The Bertz CT molecular complexity index is 409. The Labute approximate surface area is 121 Å². The summed E-state index contributed by atoms with van der Waals surface area (Å²) in [5.41, 5.74) is 0. The van der Waals surface area contributed by atoms with Gasteiger partial charge in [0.15, 0.2) is 5.01 Å². The highest BCUT2D eigenvalue weighted by Crippen LogP contribution is 2.38. The maximum atomic E-state index is 12.7. The number of aromatic nitrogens is 1. The van der Waals surface area contributed by atoms with Gasteiger partial charge in [0, 0.05) is 17.1 Å². The van der Waals surface area contributed by atoms with Gasteiger partial charge in [0.2, 0.25) is 0 Å². The minimum absolute atomic E-state index is 0.00157. The number of hydrogen-bond acceptors (Lipinski definition) is 3. The fraction of sp³-hybridized carbons (Fsp3) is 0.786. The molecule has 0 bridgehead atoms. The summed E-state index contributed by atoms with van der Waals surface area (Å²) >= 11 is 0.780. The molecule has 20 heavy (non-hydrogen) atoms. The van der Waals surface area contributed by atoms with Crippen molar-refractivity contribution in [1.29, 1.82) is 0 Å². The predicted molar refractivity (Wildman–Crippen MR) is 74.7 cm³/mol. The quantitative estimate of drug-likeness (QED) is 0.869. The molecule has 0 saturated heterocycles. The van der Waals surface area contributed by atoms with Crippen molar-refractivity contribution in [2.24, 2.45) is 5.92 Å². The molecule has 0 aliphatic heterocycles. The van der Waals surface area contributed by atoms with Gasteiger partial charge in [0.05, 0.1) is 0 Å². The Morgan fingerprint density at radius 3 is 2.30 bits per heavy atom. The van der Waals surface area contributed by atoms with Crippen LogP contribution in [0.2, 0.25) is 0 Å². The molecule has 1 N–H and O–H groups in total. The minimum Gasteiger partial charge on any atom is -0.312 e. The summed E-state index contributed by atoms with van der Waals surface area (Å²) in [6, 6.07) is 0.00157. The third-order valence-corrected chi connectivity index (χ3v) is 5.13. The summed E-state index contributed by atoms with van der Waals surface area (Å²) < 4.78 is 38.0. The van der Waals surface area contributed by atoms with Gasteiger partial charge in [0.25, 0.3) is 0 Å². The van der Waals surface area contributed by atoms with Crippen LogP contribution in [0, 0.1) is 5.92 Å². The molecule has 1 unspecified atom stereocenters. The van der Waals surface area contributed by atoms with Crippen molar-refractivity contribution in [3.8, 4) is 0 Å². The summed E-state index contributed by atoms with van der Waals surface area (Å²) in [6.07, 6.45) is 5.36. The van der Waals surface area contributed by atoms with E-state index >= 15 is 0 Å². The second kappa shape index (κ2) is 6.89. The highest BCUT2D eigenvalue weighted by atomic mass is 32.1. The molecular weight excluding hydrogens is 285 g/mol. The van der Waals surface area contributed by atoms with E-state index in [4.69, 9.17) is 0 Å². The first-order valence-corrected chi connectivity index (χ1v) is 8.04. The molecule has 2 nitrogen and oxygen atoms in total. The summed E-state index contributed by atoms with van der Waals surface area (Å²) in [6.45, 7) is 0. The van der Waals surface area contributed by atoms with E-state index in [1.807, 2.05) is 7.05 Å². The van der Waals surface area contributed by atoms with Crippen molar-refractivity contribution in [1.82, 2.24) is 10.3 Å². The molecular formula is C14H21F3N2S. The molecule has 1 fully saturated rings. The topological polar surface area (TPSA) is 24.9 Å². The van der Waals surface area contributed by atoms with Gasteiger partial charge >= 0.3 is 6.18 Å². The zero-order valence-electron chi connectivity index (χ0n) is 11.7. The van der Waals surface area contributed by atoms with Crippen molar-refractivity contribution >= 4 is 11.3 Å². The smallest absolute Gasteiger partial charge is 0.312 e. The van der Waals surface area contributed by atoms with Gasteiger partial charge in [-0.1, -0.05) is 32.1 Å². The van der Waals surface area contributed by atoms with Crippen molar-refractivity contribution in [3.63, 3.8) is 0 Å². The normalized spacial score (nSPS) is 20.4. The van der Waals surface area contributed by atoms with Crippen LogP contribution in [-0.2, 0) is 6.18 Å². The van der Waals surface area contributed by atoms with Crippen molar-refractivity contribution in [3.05, 3.63) is 16.1 Å². The molecule has 1 aromatic rings. The first-order chi connectivity index (χ1) is 9.52. The van der Waals surface area contributed by atoms with E-state index in [9.17, 15) is 13.2 Å². The van der Waals surface area contributed by atoms with E-state index in [1.54, 1.807) is 0 Å². The molecule has 0 amide bonds. The monoisotopic (exact) mass is 306 g/mol. The van der Waals surface area contributed by atoms with Gasteiger partial charge in [-0.3, -0.25) is 0 Å². The second-order valence-electron chi connectivity index (χ2n) is 5.44. The number of rotatable bonds is 3.